The van der Waals surface area contributed by atoms with Crippen LogP contribution < -0.4 is 0 Å². The van der Waals surface area contributed by atoms with Gasteiger partial charge in [0.05, 0.1) is 24.9 Å². The largest absolute Gasteiger partial charge is 0.396 e. The summed E-state index contributed by atoms with van der Waals surface area (Å²) in [5, 5.41) is 44.2. The fourth-order valence-electron chi connectivity index (χ4n) is 10.7. The molecule has 10 atom stereocenters. The summed E-state index contributed by atoms with van der Waals surface area (Å²) in [6.07, 6.45) is 8.40. The van der Waals surface area contributed by atoms with Crippen molar-refractivity contribution in [3.05, 3.63) is 11.6 Å². The van der Waals surface area contributed by atoms with Gasteiger partial charge in [-0.05, 0) is 96.2 Å². The van der Waals surface area contributed by atoms with Crippen molar-refractivity contribution in [2.45, 2.75) is 118 Å². The van der Waals surface area contributed by atoms with Crippen LogP contribution >= 0.6 is 0 Å². The van der Waals surface area contributed by atoms with Gasteiger partial charge in [0, 0.05) is 5.41 Å². The van der Waals surface area contributed by atoms with Crippen molar-refractivity contribution in [1.82, 2.24) is 0 Å². The molecule has 4 fully saturated rings. The summed E-state index contributed by atoms with van der Waals surface area (Å²) < 4.78 is 0. The van der Waals surface area contributed by atoms with Crippen molar-refractivity contribution in [2.24, 2.45) is 50.2 Å². The van der Waals surface area contributed by atoms with E-state index in [4.69, 9.17) is 0 Å². The predicted octanol–water partition coefficient (Wildman–Crippen LogP) is 5.08. The minimum Gasteiger partial charge on any atom is -0.396 e. The molecule has 194 valence electrons. The number of allylic oxidation sites excluding steroid dienone is 2. The van der Waals surface area contributed by atoms with Gasteiger partial charge >= 0.3 is 0 Å². The summed E-state index contributed by atoms with van der Waals surface area (Å²) in [6.45, 7) is 16.2. The third-order valence-electron chi connectivity index (χ3n) is 13.3. The highest BCUT2D eigenvalue weighted by molar-refractivity contribution is 5.35. The van der Waals surface area contributed by atoms with Gasteiger partial charge in [0.25, 0.3) is 0 Å². The monoisotopic (exact) mass is 474 g/mol. The Kier molecular flexibility index (Phi) is 5.44. The minimum absolute atomic E-state index is 0.0641. The molecule has 0 heterocycles. The van der Waals surface area contributed by atoms with Gasteiger partial charge in [-0.25, -0.2) is 0 Å². The first-order chi connectivity index (χ1) is 15.6. The number of aliphatic hydroxyl groups is 4. The Labute approximate surface area is 207 Å². The lowest BCUT2D eigenvalue weighted by atomic mass is 9.33. The molecule has 0 saturated heterocycles. The van der Waals surface area contributed by atoms with Gasteiger partial charge in [0.2, 0.25) is 0 Å². The van der Waals surface area contributed by atoms with E-state index in [0.717, 1.165) is 38.5 Å². The zero-order valence-corrected chi connectivity index (χ0v) is 22.7. The highest BCUT2D eigenvalue weighted by Gasteiger charge is 2.70. The molecule has 0 aromatic rings. The van der Waals surface area contributed by atoms with Gasteiger partial charge < -0.3 is 20.4 Å². The molecule has 5 rings (SSSR count). The van der Waals surface area contributed by atoms with Crippen molar-refractivity contribution < 1.29 is 20.4 Å². The summed E-state index contributed by atoms with van der Waals surface area (Å²) in [6, 6.07) is 0. The van der Waals surface area contributed by atoms with Crippen LogP contribution in [0, 0.1) is 50.2 Å². The molecule has 0 aromatic heterocycles. The van der Waals surface area contributed by atoms with Gasteiger partial charge in [-0.1, -0.05) is 60.1 Å². The van der Waals surface area contributed by atoms with Gasteiger partial charge in [0.15, 0.2) is 0 Å². The molecule has 5 aliphatic rings. The lowest BCUT2D eigenvalue weighted by Crippen LogP contribution is -2.67. The van der Waals surface area contributed by atoms with Crippen LogP contribution in [-0.2, 0) is 0 Å². The molecular weight excluding hydrogens is 424 g/mol. The van der Waals surface area contributed by atoms with E-state index in [9.17, 15) is 20.4 Å². The van der Waals surface area contributed by atoms with E-state index in [1.807, 2.05) is 0 Å². The second kappa shape index (κ2) is 7.33. The van der Waals surface area contributed by atoms with Gasteiger partial charge in [0.1, 0.15) is 0 Å². The molecule has 0 spiro atoms. The van der Waals surface area contributed by atoms with E-state index in [1.165, 1.54) is 5.57 Å². The number of rotatable bonds is 1. The average Bonchev–Trinajstić information content (AvgIpc) is 2.73. The molecular formula is C30H50O4. The maximum atomic E-state index is 11.7. The quantitative estimate of drug-likeness (QED) is 0.399. The van der Waals surface area contributed by atoms with Crippen LogP contribution in [0.5, 0.6) is 0 Å². The zero-order chi connectivity index (χ0) is 25.1. The van der Waals surface area contributed by atoms with E-state index >= 15 is 0 Å². The van der Waals surface area contributed by atoms with Gasteiger partial charge in [-0.15, -0.1) is 0 Å². The van der Waals surface area contributed by atoms with E-state index in [-0.39, 0.29) is 45.7 Å². The smallest absolute Gasteiger partial charge is 0.0633 e. The lowest BCUT2D eigenvalue weighted by molar-refractivity contribution is -0.225. The van der Waals surface area contributed by atoms with Crippen molar-refractivity contribution in [3.8, 4) is 0 Å². The standard InChI is InChI=1S/C30H50O4/c1-25(2)14-19-18-8-9-21-27(5)12-11-22(32)26(3,4)20(27)10-13-28(21,6)29(18,7)15-24(34)30(19,17-31)16-23(25)33/h8,19-24,31-34H,9-17H2,1-7H3. The second-order valence-corrected chi connectivity index (χ2v) is 15.2. The van der Waals surface area contributed by atoms with E-state index in [2.05, 4.69) is 54.5 Å². The highest BCUT2D eigenvalue weighted by atomic mass is 16.3. The van der Waals surface area contributed by atoms with Crippen molar-refractivity contribution in [3.63, 3.8) is 0 Å². The number of hydrogen-bond donors (Lipinski definition) is 4. The maximum absolute atomic E-state index is 11.7. The summed E-state index contributed by atoms with van der Waals surface area (Å²) in [7, 11) is 0. The van der Waals surface area contributed by atoms with Crippen LogP contribution in [0.25, 0.3) is 0 Å². The van der Waals surface area contributed by atoms with Crippen LogP contribution in [0.1, 0.15) is 99.8 Å². The predicted molar refractivity (Wildman–Crippen MR) is 135 cm³/mol. The Bertz CT molecular complexity index is 877. The Morgan fingerprint density at radius 3 is 2.12 bits per heavy atom. The Hall–Kier alpha value is -0.420. The molecule has 0 radical (unpaired) electrons. The molecule has 4 heteroatoms. The van der Waals surface area contributed by atoms with Crippen LogP contribution in [0.3, 0.4) is 0 Å². The van der Waals surface area contributed by atoms with Crippen LogP contribution in [-0.4, -0.2) is 45.3 Å². The van der Waals surface area contributed by atoms with E-state index < -0.39 is 17.6 Å². The Morgan fingerprint density at radius 1 is 0.794 bits per heavy atom. The molecule has 0 aliphatic heterocycles. The molecule has 0 bridgehead atoms. The van der Waals surface area contributed by atoms with Gasteiger partial charge in [-0.2, -0.15) is 0 Å². The van der Waals surface area contributed by atoms with Gasteiger partial charge in [-0.3, -0.25) is 0 Å². The summed E-state index contributed by atoms with van der Waals surface area (Å²) in [5.74, 6) is 1.14. The zero-order valence-electron chi connectivity index (χ0n) is 22.7. The molecule has 0 aromatic carbocycles. The minimum atomic E-state index is -0.637. The SMILES string of the molecule is CC1(C)CC2C3=CCC4C5(C)CCC(O)C(C)(C)C5CCC4(C)C3(C)CC(O)C2(CO)CC1O. The van der Waals surface area contributed by atoms with Crippen LogP contribution in [0.4, 0.5) is 0 Å². The van der Waals surface area contributed by atoms with Crippen LogP contribution in [0.15, 0.2) is 11.6 Å². The highest BCUT2D eigenvalue weighted by Crippen LogP contribution is 2.75. The fourth-order valence-corrected chi connectivity index (χ4v) is 10.7. The number of fused-ring (bicyclic) bond motifs is 7. The Balaban J connectivity index is 1.61. The maximum Gasteiger partial charge on any atom is 0.0633 e. The van der Waals surface area contributed by atoms with Crippen LogP contribution in [0.2, 0.25) is 0 Å². The second-order valence-electron chi connectivity index (χ2n) is 15.2. The normalized spacial score (nSPS) is 55.8. The van der Waals surface area contributed by atoms with Crippen molar-refractivity contribution >= 4 is 0 Å². The lowest BCUT2D eigenvalue weighted by Gasteiger charge is -2.72. The summed E-state index contributed by atoms with van der Waals surface area (Å²) >= 11 is 0. The van der Waals surface area contributed by atoms with Crippen molar-refractivity contribution in [1.29, 1.82) is 0 Å². The molecule has 34 heavy (non-hydrogen) atoms. The third kappa shape index (κ3) is 2.86. The number of hydrogen-bond acceptors (Lipinski definition) is 4. The topological polar surface area (TPSA) is 80.9 Å². The molecule has 10 unspecified atom stereocenters. The third-order valence-corrected chi connectivity index (χ3v) is 13.3. The Morgan fingerprint density at radius 2 is 1.47 bits per heavy atom. The fraction of sp³-hybridized carbons (Fsp3) is 0.933. The summed E-state index contributed by atoms with van der Waals surface area (Å²) in [5.41, 5.74) is 0.659. The molecule has 0 amide bonds. The number of aliphatic hydroxyl groups excluding tert-OH is 4. The molecule has 5 aliphatic carbocycles. The molecule has 4 N–H and O–H groups in total. The van der Waals surface area contributed by atoms with E-state index in [0.29, 0.717) is 24.7 Å². The van der Waals surface area contributed by atoms with E-state index in [1.54, 1.807) is 0 Å². The molecule has 4 nitrogen and oxygen atoms in total. The summed E-state index contributed by atoms with van der Waals surface area (Å²) in [4.78, 5) is 0. The average molecular weight is 475 g/mol. The van der Waals surface area contributed by atoms with Crippen molar-refractivity contribution in [2.75, 3.05) is 6.61 Å². The molecule has 4 saturated carbocycles. The first kappa shape index (κ1) is 25.2. The first-order valence-electron chi connectivity index (χ1n) is 14.0. The first-order valence-corrected chi connectivity index (χ1v) is 14.0.